The number of piperazine rings is 1. The van der Waals surface area contributed by atoms with Gasteiger partial charge in [0.05, 0.1) is 5.92 Å². The van der Waals surface area contributed by atoms with Crippen molar-refractivity contribution in [3.63, 3.8) is 0 Å². The molecule has 0 radical (unpaired) electrons. The van der Waals surface area contributed by atoms with Crippen LogP contribution in [-0.4, -0.2) is 81.6 Å². The van der Waals surface area contributed by atoms with Crippen LogP contribution in [0.25, 0.3) is 0 Å². The summed E-state index contributed by atoms with van der Waals surface area (Å²) >= 11 is 0. The molecule has 2 aliphatic rings. The van der Waals surface area contributed by atoms with Crippen LogP contribution in [0.4, 0.5) is 11.4 Å². The van der Waals surface area contributed by atoms with Gasteiger partial charge in [0.15, 0.2) is 0 Å². The van der Waals surface area contributed by atoms with E-state index >= 15 is 0 Å². The van der Waals surface area contributed by atoms with Gasteiger partial charge < -0.3 is 24.8 Å². The van der Waals surface area contributed by atoms with Crippen LogP contribution in [0.1, 0.15) is 12.8 Å². The van der Waals surface area contributed by atoms with E-state index in [0.717, 1.165) is 38.3 Å². The van der Waals surface area contributed by atoms with E-state index in [1.54, 1.807) is 12.0 Å². The Hall–Kier alpha value is -2.12. The maximum absolute atomic E-state index is 12.5. The quantitative estimate of drug-likeness (QED) is 0.728. The second kappa shape index (κ2) is 9.19. The minimum atomic E-state index is -0.280. The van der Waals surface area contributed by atoms with Crippen molar-refractivity contribution in [1.82, 2.24) is 9.80 Å². The Bertz CT molecular complexity index is 641. The van der Waals surface area contributed by atoms with Crippen molar-refractivity contribution in [1.29, 1.82) is 0 Å². The predicted molar refractivity (Wildman–Crippen MR) is 106 cm³/mol. The molecule has 0 aromatic heterocycles. The molecule has 2 fully saturated rings. The second-order valence-corrected chi connectivity index (χ2v) is 7.41. The molecule has 0 saturated carbocycles. The molecule has 7 heteroatoms. The Morgan fingerprint density at radius 2 is 1.89 bits per heavy atom. The normalized spacial score (nSPS) is 21.0. The number of anilines is 2. The number of amides is 2. The summed E-state index contributed by atoms with van der Waals surface area (Å²) in [6.45, 7) is 5.94. The lowest BCUT2D eigenvalue weighted by Crippen LogP contribution is -2.44. The minimum absolute atomic E-state index is 0.0525. The number of hydrogen-bond acceptors (Lipinski definition) is 5. The second-order valence-electron chi connectivity index (χ2n) is 7.41. The van der Waals surface area contributed by atoms with Crippen LogP contribution in [-0.2, 0) is 14.3 Å². The standard InChI is InChI=1S/C20H30N4O3/c1-22-9-11-23(12-10-22)18-6-4-17(5-7-18)21-20(26)16-14-19(25)24(15-16)8-3-13-27-2/h4-7,16H,3,8-15H2,1-2H3,(H,21,26). The van der Waals surface area contributed by atoms with Gasteiger partial charge in [-0.25, -0.2) is 0 Å². The largest absolute Gasteiger partial charge is 0.385 e. The molecular weight excluding hydrogens is 344 g/mol. The van der Waals surface area contributed by atoms with E-state index in [9.17, 15) is 9.59 Å². The van der Waals surface area contributed by atoms with Crippen LogP contribution < -0.4 is 10.2 Å². The summed E-state index contributed by atoms with van der Waals surface area (Å²) in [7, 11) is 3.79. The van der Waals surface area contributed by atoms with E-state index in [1.165, 1.54) is 5.69 Å². The lowest BCUT2D eigenvalue weighted by molar-refractivity contribution is -0.128. The van der Waals surface area contributed by atoms with Crippen LogP contribution in [0.15, 0.2) is 24.3 Å². The molecule has 0 spiro atoms. The first-order chi connectivity index (χ1) is 13.1. The van der Waals surface area contributed by atoms with Gasteiger partial charge in [-0.1, -0.05) is 0 Å². The summed E-state index contributed by atoms with van der Waals surface area (Å²) < 4.78 is 5.03. The van der Waals surface area contributed by atoms with Gasteiger partial charge in [-0.15, -0.1) is 0 Å². The third kappa shape index (κ3) is 5.20. The summed E-state index contributed by atoms with van der Waals surface area (Å²) in [5.74, 6) is -0.307. The average molecular weight is 374 g/mol. The monoisotopic (exact) mass is 374 g/mol. The molecular formula is C20H30N4O3. The van der Waals surface area contributed by atoms with Gasteiger partial charge in [0, 0.05) is 70.8 Å². The molecule has 2 amide bonds. The minimum Gasteiger partial charge on any atom is -0.385 e. The Morgan fingerprint density at radius 3 is 2.56 bits per heavy atom. The molecule has 1 unspecified atom stereocenters. The molecule has 27 heavy (non-hydrogen) atoms. The summed E-state index contributed by atoms with van der Waals surface area (Å²) in [5.41, 5.74) is 1.96. The Labute approximate surface area is 161 Å². The molecule has 0 bridgehead atoms. The van der Waals surface area contributed by atoms with Crippen molar-refractivity contribution in [3.05, 3.63) is 24.3 Å². The van der Waals surface area contributed by atoms with Crippen LogP contribution >= 0.6 is 0 Å². The maximum Gasteiger partial charge on any atom is 0.229 e. The van der Waals surface area contributed by atoms with Gasteiger partial charge in [0.1, 0.15) is 0 Å². The molecule has 2 saturated heterocycles. The highest BCUT2D eigenvalue weighted by molar-refractivity contribution is 5.97. The maximum atomic E-state index is 12.5. The van der Waals surface area contributed by atoms with Crippen molar-refractivity contribution in [2.75, 3.05) is 70.2 Å². The van der Waals surface area contributed by atoms with Crippen molar-refractivity contribution in [3.8, 4) is 0 Å². The number of ether oxygens (including phenoxy) is 1. The average Bonchev–Trinajstić information content (AvgIpc) is 3.04. The molecule has 148 valence electrons. The fourth-order valence-electron chi connectivity index (χ4n) is 3.63. The molecule has 1 aromatic rings. The third-order valence-electron chi connectivity index (χ3n) is 5.37. The first kappa shape index (κ1) is 19.6. The first-order valence-corrected chi connectivity index (χ1v) is 9.68. The number of carbonyl (C=O) groups excluding carboxylic acids is 2. The SMILES string of the molecule is COCCCN1CC(C(=O)Nc2ccc(N3CCN(C)CC3)cc2)CC1=O. The lowest BCUT2D eigenvalue weighted by Gasteiger charge is -2.34. The Morgan fingerprint density at radius 1 is 1.19 bits per heavy atom. The molecule has 3 rings (SSSR count). The highest BCUT2D eigenvalue weighted by Crippen LogP contribution is 2.22. The highest BCUT2D eigenvalue weighted by Gasteiger charge is 2.33. The van der Waals surface area contributed by atoms with Gasteiger partial charge in [-0.3, -0.25) is 9.59 Å². The number of likely N-dealkylation sites (tertiary alicyclic amines) is 1. The van der Waals surface area contributed by atoms with Crippen LogP contribution in [0.3, 0.4) is 0 Å². The molecule has 2 heterocycles. The first-order valence-electron chi connectivity index (χ1n) is 9.68. The van der Waals surface area contributed by atoms with E-state index in [4.69, 9.17) is 4.74 Å². The van der Waals surface area contributed by atoms with Gasteiger partial charge in [0.25, 0.3) is 0 Å². The van der Waals surface area contributed by atoms with Crippen molar-refractivity contribution >= 4 is 23.2 Å². The summed E-state index contributed by atoms with van der Waals surface area (Å²) in [6, 6.07) is 7.99. The number of nitrogens with one attached hydrogen (secondary N) is 1. The summed E-state index contributed by atoms with van der Waals surface area (Å²) in [4.78, 5) is 31.1. The van der Waals surface area contributed by atoms with E-state index in [-0.39, 0.29) is 24.2 Å². The molecule has 1 N–H and O–H groups in total. The number of rotatable bonds is 7. The molecule has 1 atom stereocenters. The van der Waals surface area contributed by atoms with Gasteiger partial charge in [-0.2, -0.15) is 0 Å². The van der Waals surface area contributed by atoms with Crippen LogP contribution in [0.2, 0.25) is 0 Å². The number of hydrogen-bond donors (Lipinski definition) is 1. The number of nitrogens with zero attached hydrogens (tertiary/aromatic N) is 3. The summed E-state index contributed by atoms with van der Waals surface area (Å²) in [5, 5.41) is 2.96. The Balaban J connectivity index is 1.50. The van der Waals surface area contributed by atoms with Gasteiger partial charge >= 0.3 is 0 Å². The zero-order chi connectivity index (χ0) is 19.2. The third-order valence-corrected chi connectivity index (χ3v) is 5.37. The number of benzene rings is 1. The fraction of sp³-hybridized carbons (Fsp3) is 0.600. The van der Waals surface area contributed by atoms with E-state index in [2.05, 4.69) is 34.3 Å². The zero-order valence-electron chi connectivity index (χ0n) is 16.3. The van der Waals surface area contributed by atoms with Crippen LogP contribution in [0.5, 0.6) is 0 Å². The molecule has 2 aliphatic heterocycles. The van der Waals surface area contributed by atoms with Crippen molar-refractivity contribution in [2.45, 2.75) is 12.8 Å². The van der Waals surface area contributed by atoms with E-state index < -0.39 is 0 Å². The molecule has 7 nitrogen and oxygen atoms in total. The number of methoxy groups -OCH3 is 1. The van der Waals surface area contributed by atoms with Gasteiger partial charge in [0.2, 0.25) is 11.8 Å². The van der Waals surface area contributed by atoms with Crippen LogP contribution in [0, 0.1) is 5.92 Å². The van der Waals surface area contributed by atoms with E-state index in [1.807, 2.05) is 12.1 Å². The highest BCUT2D eigenvalue weighted by atomic mass is 16.5. The number of carbonyl (C=O) groups is 2. The zero-order valence-corrected chi connectivity index (χ0v) is 16.3. The summed E-state index contributed by atoms with van der Waals surface area (Å²) in [6.07, 6.45) is 1.09. The number of likely N-dealkylation sites (N-methyl/N-ethyl adjacent to an activating group) is 1. The molecule has 0 aliphatic carbocycles. The van der Waals surface area contributed by atoms with Crippen molar-refractivity contribution < 1.29 is 14.3 Å². The fourth-order valence-corrected chi connectivity index (χ4v) is 3.63. The predicted octanol–water partition coefficient (Wildman–Crippen LogP) is 1.26. The lowest BCUT2D eigenvalue weighted by atomic mass is 10.1. The molecule has 1 aromatic carbocycles. The van der Waals surface area contributed by atoms with E-state index in [0.29, 0.717) is 19.7 Å². The topological polar surface area (TPSA) is 65.1 Å². The Kier molecular flexibility index (Phi) is 6.68. The van der Waals surface area contributed by atoms with Crippen molar-refractivity contribution in [2.24, 2.45) is 5.92 Å². The van der Waals surface area contributed by atoms with Gasteiger partial charge in [-0.05, 0) is 37.7 Å². The smallest absolute Gasteiger partial charge is 0.229 e.